The van der Waals surface area contributed by atoms with Gasteiger partial charge in [-0.3, -0.25) is 19.3 Å². The minimum atomic E-state index is -0.839. The van der Waals surface area contributed by atoms with Crippen LogP contribution in [0.4, 0.5) is 10.1 Å². The second kappa shape index (κ2) is 9.11. The van der Waals surface area contributed by atoms with Gasteiger partial charge in [-0.05, 0) is 31.3 Å². The molecule has 28 heavy (non-hydrogen) atoms. The first-order valence-electron chi connectivity index (χ1n) is 9.46. The molecule has 2 heterocycles. The smallest absolute Gasteiger partial charge is 0.243 e. The van der Waals surface area contributed by atoms with Gasteiger partial charge in [0.1, 0.15) is 11.9 Å². The van der Waals surface area contributed by atoms with E-state index in [1.54, 1.807) is 0 Å². The summed E-state index contributed by atoms with van der Waals surface area (Å²) in [6.07, 6.45) is -0.141. The quantitative estimate of drug-likeness (QED) is 0.722. The number of likely N-dealkylation sites (N-methyl/N-ethyl adjacent to an activating group) is 1. The third-order valence-corrected chi connectivity index (χ3v) is 5.11. The molecule has 0 radical (unpaired) electrons. The van der Waals surface area contributed by atoms with Crippen LogP contribution < -0.4 is 10.6 Å². The van der Waals surface area contributed by atoms with Crippen molar-refractivity contribution in [3.8, 4) is 0 Å². The molecule has 0 aromatic heterocycles. The lowest BCUT2D eigenvalue weighted by Crippen LogP contribution is -2.60. The molecule has 0 bridgehead atoms. The number of hydrogen-bond donors (Lipinski definition) is 2. The van der Waals surface area contributed by atoms with Gasteiger partial charge < -0.3 is 20.4 Å². The minimum absolute atomic E-state index is 0.140. The zero-order valence-electron chi connectivity index (χ0n) is 16.0. The molecule has 0 spiro atoms. The van der Waals surface area contributed by atoms with Gasteiger partial charge in [0.05, 0.1) is 13.0 Å². The van der Waals surface area contributed by atoms with Crippen LogP contribution in [0.2, 0.25) is 0 Å². The van der Waals surface area contributed by atoms with Crippen molar-refractivity contribution in [1.82, 2.24) is 20.0 Å². The number of hydrogen-bond acceptors (Lipinski definition) is 5. The molecule has 0 unspecified atom stereocenters. The molecular formula is C19H26FN5O3. The van der Waals surface area contributed by atoms with Crippen molar-refractivity contribution in [3.05, 3.63) is 30.1 Å². The fourth-order valence-corrected chi connectivity index (χ4v) is 3.43. The van der Waals surface area contributed by atoms with Crippen LogP contribution in [-0.2, 0) is 14.4 Å². The molecule has 1 atom stereocenters. The summed E-state index contributed by atoms with van der Waals surface area (Å²) in [4.78, 5) is 43.3. The molecule has 1 aromatic carbocycles. The summed E-state index contributed by atoms with van der Waals surface area (Å²) in [5.41, 5.74) is 0.443. The van der Waals surface area contributed by atoms with E-state index in [2.05, 4.69) is 20.4 Å². The normalized spacial score (nSPS) is 21.3. The van der Waals surface area contributed by atoms with Crippen LogP contribution in [0.15, 0.2) is 24.3 Å². The van der Waals surface area contributed by atoms with Crippen molar-refractivity contribution in [2.75, 3.05) is 58.2 Å². The predicted octanol–water partition coefficient (Wildman–Crippen LogP) is -0.271. The number of carbonyl (C=O) groups is 3. The molecule has 9 heteroatoms. The zero-order valence-corrected chi connectivity index (χ0v) is 16.0. The number of nitrogens with zero attached hydrogens (tertiary/aromatic N) is 3. The van der Waals surface area contributed by atoms with Gasteiger partial charge in [-0.25, -0.2) is 4.39 Å². The van der Waals surface area contributed by atoms with E-state index in [1.165, 1.54) is 29.2 Å². The molecule has 2 saturated heterocycles. The van der Waals surface area contributed by atoms with Crippen LogP contribution in [0.3, 0.4) is 0 Å². The molecule has 152 valence electrons. The summed E-state index contributed by atoms with van der Waals surface area (Å²) >= 11 is 0. The van der Waals surface area contributed by atoms with Crippen LogP contribution in [0, 0.1) is 5.82 Å². The number of benzene rings is 1. The summed E-state index contributed by atoms with van der Waals surface area (Å²) in [5, 5.41) is 5.36. The van der Waals surface area contributed by atoms with Crippen LogP contribution in [0.5, 0.6) is 0 Å². The Kier molecular flexibility index (Phi) is 6.58. The highest BCUT2D eigenvalue weighted by atomic mass is 19.1. The summed E-state index contributed by atoms with van der Waals surface area (Å²) < 4.78 is 13.0. The van der Waals surface area contributed by atoms with Crippen LogP contribution in [0.25, 0.3) is 0 Å². The van der Waals surface area contributed by atoms with Crippen molar-refractivity contribution >= 4 is 23.4 Å². The number of amides is 3. The summed E-state index contributed by atoms with van der Waals surface area (Å²) in [7, 11) is 2.05. The van der Waals surface area contributed by atoms with Gasteiger partial charge in [-0.1, -0.05) is 0 Å². The second-order valence-corrected chi connectivity index (χ2v) is 7.23. The van der Waals surface area contributed by atoms with E-state index in [0.29, 0.717) is 18.8 Å². The fraction of sp³-hybridized carbons (Fsp3) is 0.526. The average molecular weight is 391 g/mol. The SMILES string of the molecule is CN1CCN(CC(=O)N2CCNC(=O)[C@H]2CC(=O)Nc2ccc(F)cc2)CC1. The van der Waals surface area contributed by atoms with Gasteiger partial charge in [-0.2, -0.15) is 0 Å². The molecule has 3 amide bonds. The molecule has 1 aromatic rings. The number of halogens is 1. The van der Waals surface area contributed by atoms with Gasteiger partial charge in [0.2, 0.25) is 17.7 Å². The monoisotopic (exact) mass is 391 g/mol. The summed E-state index contributed by atoms with van der Waals surface area (Å²) in [5.74, 6) is -1.26. The van der Waals surface area contributed by atoms with Crippen molar-refractivity contribution in [1.29, 1.82) is 0 Å². The van der Waals surface area contributed by atoms with Crippen molar-refractivity contribution in [2.45, 2.75) is 12.5 Å². The van der Waals surface area contributed by atoms with E-state index in [4.69, 9.17) is 0 Å². The first-order chi connectivity index (χ1) is 13.4. The lowest BCUT2D eigenvalue weighted by atomic mass is 10.1. The molecule has 0 aliphatic carbocycles. The van der Waals surface area contributed by atoms with E-state index >= 15 is 0 Å². The molecule has 2 aliphatic heterocycles. The van der Waals surface area contributed by atoms with E-state index in [0.717, 1.165) is 26.2 Å². The van der Waals surface area contributed by atoms with E-state index in [9.17, 15) is 18.8 Å². The number of nitrogens with one attached hydrogen (secondary N) is 2. The Balaban J connectivity index is 1.59. The van der Waals surface area contributed by atoms with E-state index in [1.807, 2.05) is 7.05 Å². The van der Waals surface area contributed by atoms with Crippen molar-refractivity contribution < 1.29 is 18.8 Å². The highest BCUT2D eigenvalue weighted by molar-refractivity contribution is 5.97. The lowest BCUT2D eigenvalue weighted by Gasteiger charge is -2.37. The van der Waals surface area contributed by atoms with Crippen molar-refractivity contribution in [2.24, 2.45) is 0 Å². The Morgan fingerprint density at radius 1 is 1.14 bits per heavy atom. The van der Waals surface area contributed by atoms with E-state index in [-0.39, 0.29) is 24.8 Å². The van der Waals surface area contributed by atoms with Crippen LogP contribution in [0.1, 0.15) is 6.42 Å². The minimum Gasteiger partial charge on any atom is -0.353 e. The maximum absolute atomic E-state index is 13.0. The number of rotatable bonds is 5. The Labute approximate surface area is 163 Å². The Bertz CT molecular complexity index is 719. The molecule has 2 fully saturated rings. The molecule has 2 aliphatic rings. The maximum Gasteiger partial charge on any atom is 0.243 e. The van der Waals surface area contributed by atoms with Gasteiger partial charge in [0, 0.05) is 45.0 Å². The zero-order chi connectivity index (χ0) is 20.1. The van der Waals surface area contributed by atoms with Crippen molar-refractivity contribution in [3.63, 3.8) is 0 Å². The number of anilines is 1. The largest absolute Gasteiger partial charge is 0.353 e. The average Bonchev–Trinajstić information content (AvgIpc) is 2.67. The maximum atomic E-state index is 13.0. The fourth-order valence-electron chi connectivity index (χ4n) is 3.43. The molecule has 0 saturated carbocycles. The highest BCUT2D eigenvalue weighted by Gasteiger charge is 2.35. The first-order valence-corrected chi connectivity index (χ1v) is 9.46. The Morgan fingerprint density at radius 3 is 2.50 bits per heavy atom. The van der Waals surface area contributed by atoms with Gasteiger partial charge in [0.25, 0.3) is 0 Å². The lowest BCUT2D eigenvalue weighted by molar-refractivity contribution is -0.145. The molecule has 3 rings (SSSR count). The van der Waals surface area contributed by atoms with Gasteiger partial charge in [0.15, 0.2) is 0 Å². The predicted molar refractivity (Wildman–Crippen MR) is 102 cm³/mol. The third-order valence-electron chi connectivity index (χ3n) is 5.11. The summed E-state index contributed by atoms with van der Waals surface area (Å²) in [6.45, 7) is 4.41. The highest BCUT2D eigenvalue weighted by Crippen LogP contribution is 2.14. The third kappa shape index (κ3) is 5.26. The first kappa shape index (κ1) is 20.2. The van der Waals surface area contributed by atoms with Gasteiger partial charge >= 0.3 is 0 Å². The molecule has 8 nitrogen and oxygen atoms in total. The topological polar surface area (TPSA) is 85.0 Å². The summed E-state index contributed by atoms with van der Waals surface area (Å²) in [6, 6.07) is 4.55. The Morgan fingerprint density at radius 2 is 1.82 bits per heavy atom. The number of piperazine rings is 2. The second-order valence-electron chi connectivity index (χ2n) is 7.23. The van der Waals surface area contributed by atoms with E-state index < -0.39 is 17.8 Å². The molecule has 2 N–H and O–H groups in total. The van der Waals surface area contributed by atoms with Gasteiger partial charge in [-0.15, -0.1) is 0 Å². The Hall–Kier alpha value is -2.52. The number of carbonyl (C=O) groups excluding carboxylic acids is 3. The standard InChI is InChI=1S/C19H26FN5O3/c1-23-8-10-24(11-9-23)13-18(27)25-7-6-21-19(28)16(25)12-17(26)22-15-4-2-14(20)3-5-15/h2-5,16H,6-13H2,1H3,(H,21,28)(H,22,26)/t16-/m1/s1. The van der Waals surface area contributed by atoms with Crippen LogP contribution in [-0.4, -0.2) is 91.3 Å². The molecular weight excluding hydrogens is 365 g/mol. The van der Waals surface area contributed by atoms with Crippen LogP contribution >= 0.6 is 0 Å².